The van der Waals surface area contributed by atoms with E-state index in [0.29, 0.717) is 0 Å². The molecule has 0 aromatic carbocycles. The van der Waals surface area contributed by atoms with E-state index in [2.05, 4.69) is 0 Å². The van der Waals surface area contributed by atoms with Crippen molar-refractivity contribution in [3.63, 3.8) is 0 Å². The topological polar surface area (TPSA) is 17.1 Å². The molecule has 8 heavy (non-hydrogen) atoms. The molecule has 0 aliphatic heterocycles. The van der Waals surface area contributed by atoms with E-state index in [9.17, 15) is 0 Å². The minimum atomic E-state index is 0. The van der Waals surface area contributed by atoms with Crippen LogP contribution in [0.4, 0.5) is 0 Å². The van der Waals surface area contributed by atoms with Gasteiger partial charge in [-0.25, -0.2) is 0 Å². The van der Waals surface area contributed by atoms with Gasteiger partial charge in [-0.3, -0.25) is 0 Å². The first-order chi connectivity index (χ1) is 1.00. The van der Waals surface area contributed by atoms with Crippen molar-refractivity contribution in [3.05, 3.63) is 0 Å². The van der Waals surface area contributed by atoms with Gasteiger partial charge in [0.2, 0.25) is 0 Å². The first-order valence-corrected chi connectivity index (χ1v) is 1.79. The minimum Gasteiger partial charge on any atom is 0 e. The molecule has 0 aliphatic carbocycles. The second-order valence-electron chi connectivity index (χ2n) is 0. The van der Waals surface area contributed by atoms with E-state index in [1.807, 2.05) is 0 Å². The molecule has 8 heteroatoms. The average Bonchev–Trinajstić information content (AvgIpc) is 1.00. The Morgan fingerprint density at radius 3 is 1.12 bits per heavy atom. The summed E-state index contributed by atoms with van der Waals surface area (Å²) in [5, 5.41) is 0. The Labute approximate surface area is 158 Å². The van der Waals surface area contributed by atoms with Gasteiger partial charge in [0, 0.05) is 134 Å². The van der Waals surface area contributed by atoms with Crippen LogP contribution in [0.1, 0.15) is 0 Å². The van der Waals surface area contributed by atoms with Crippen molar-refractivity contribution in [1.29, 1.82) is 0 Å². The van der Waals surface area contributed by atoms with Crippen LogP contribution >= 0.6 is 0 Å². The Balaban J connectivity index is -0.000000000333. The molecule has 0 bridgehead atoms. The van der Waals surface area contributed by atoms with Crippen molar-refractivity contribution in [3.8, 4) is 0 Å². The first kappa shape index (κ1) is 51.5. The van der Waals surface area contributed by atoms with E-state index in [0.717, 1.165) is 0 Å². The van der Waals surface area contributed by atoms with Gasteiger partial charge in [-0.15, -0.1) is 0 Å². The maximum absolute atomic E-state index is 8.39. The van der Waals surface area contributed by atoms with Crippen LogP contribution < -0.4 is 0 Å². The predicted octanol–water partition coefficient (Wildman–Crippen LogP) is -2.03. The molecule has 1 nitrogen and oxygen atoms in total. The molecule has 0 amide bonds. The van der Waals surface area contributed by atoms with Crippen molar-refractivity contribution < 1.29 is 49.5 Å². The standard InChI is InChI=1S/Cd.Ga.Ge.In.O.Pb.Sn.Zn. The molecule has 0 spiro atoms. The predicted molar refractivity (Wildman–Crippen MR) is 29.5 cm³/mol. The van der Waals surface area contributed by atoms with E-state index in [4.69, 9.17) is 2.69 Å². The molecule has 0 fully saturated rings. The van der Waals surface area contributed by atoms with Gasteiger partial charge in [0.25, 0.3) is 0 Å². The van der Waals surface area contributed by atoms with E-state index in [1.165, 1.54) is 0 Å². The molecule has 0 rings (SSSR count). The van der Waals surface area contributed by atoms with E-state index >= 15 is 0 Å². The van der Waals surface area contributed by atoms with Crippen LogP contribution in [0.15, 0.2) is 0 Å². The van der Waals surface area contributed by atoms with Crippen molar-refractivity contribution >= 4 is 113 Å². The van der Waals surface area contributed by atoms with Crippen LogP contribution in [0.3, 0.4) is 0 Å². The summed E-state index contributed by atoms with van der Waals surface area (Å²) in [7, 11) is 0. The number of hydrogen-bond acceptors (Lipinski definition) is 1. The molecule has 0 saturated carbocycles. The zero-order chi connectivity index (χ0) is 2.00. The molecule has 0 atom stereocenters. The molecular formula is CdGaGeInOPbSnZn. The van der Waals surface area contributed by atoms with Crippen LogP contribution in [-0.2, 0) is 49.5 Å². The summed E-state index contributed by atoms with van der Waals surface area (Å²) in [5.41, 5.74) is 0. The third-order valence-corrected chi connectivity index (χ3v) is 0. The third kappa shape index (κ3) is 43.5. The fraction of sp³-hybridized carbons (Fsp3) is 0. The summed E-state index contributed by atoms with van der Waals surface area (Å²) in [6.45, 7) is 0. The van der Waals surface area contributed by atoms with Gasteiger partial charge in [-0.05, 0) is 0 Å². The van der Waals surface area contributed by atoms with Gasteiger partial charge in [-0.1, -0.05) is 0 Å². The van der Waals surface area contributed by atoms with Crippen LogP contribution in [0.2, 0.25) is 0 Å². The van der Waals surface area contributed by atoms with Crippen LogP contribution in [0.5, 0.6) is 0 Å². The Hall–Kier alpha value is 5.12. The molecule has 0 N–H and O–H groups in total. The zero-order valence-corrected chi connectivity index (χ0v) is 26.0. The van der Waals surface area contributed by atoms with E-state index in [-0.39, 0.29) is 160 Å². The SMILES string of the molecule is [Cd].[Ga].[Ge].[In].[O]=[Pb].[Sn].[Zn]. The largest absolute Gasteiger partial charge is 0 e. The normalized spacial score (nSPS) is 0.500. The molecule has 0 aromatic rings. The van der Waals surface area contributed by atoms with E-state index < -0.39 is 0 Å². The van der Waals surface area contributed by atoms with E-state index in [1.54, 1.807) is 0 Å². The van der Waals surface area contributed by atoms with Gasteiger partial charge >= 0.3 is 28.5 Å². The summed E-state index contributed by atoms with van der Waals surface area (Å²) < 4.78 is 8.39. The molecular weight excluding hydrogens is 777 g/mol. The summed E-state index contributed by atoms with van der Waals surface area (Å²) in [6.07, 6.45) is 0. The molecule has 0 heterocycles. The number of rotatable bonds is 0. The average molecular weight is 777 g/mol. The monoisotopic (exact) mass is 779 g/mol. The maximum atomic E-state index is 8.39. The van der Waals surface area contributed by atoms with Crippen molar-refractivity contribution in [1.82, 2.24) is 0 Å². The molecule has 0 aliphatic rings. The maximum Gasteiger partial charge on any atom is 0 e. The summed E-state index contributed by atoms with van der Waals surface area (Å²) in [4.78, 5) is 0. The van der Waals surface area contributed by atoms with Crippen molar-refractivity contribution in [2.75, 3.05) is 0 Å². The fourth-order valence-corrected chi connectivity index (χ4v) is 0. The number of hydrogen-bond donors (Lipinski definition) is 0. The molecule has 16 radical (unpaired) electrons. The van der Waals surface area contributed by atoms with Crippen molar-refractivity contribution in [2.24, 2.45) is 0 Å². The summed E-state index contributed by atoms with van der Waals surface area (Å²) in [6, 6.07) is 0. The van der Waals surface area contributed by atoms with Crippen LogP contribution in [0, 0.1) is 0 Å². The Kier molecular flexibility index (Phi) is 368. The molecule has 28 valence electrons. The smallest absolute Gasteiger partial charge is 0 e. The molecule has 0 aromatic heterocycles. The summed E-state index contributed by atoms with van der Waals surface area (Å²) in [5.74, 6) is 0. The fourth-order valence-electron chi connectivity index (χ4n) is 0. The van der Waals surface area contributed by atoms with Gasteiger partial charge in [-0.2, -0.15) is 0 Å². The Bertz CT molecular complexity index is 24.0. The Morgan fingerprint density at radius 2 is 1.12 bits per heavy atom. The van der Waals surface area contributed by atoms with Gasteiger partial charge in [0.15, 0.2) is 0 Å². The third-order valence-electron chi connectivity index (χ3n) is 0. The Morgan fingerprint density at radius 1 is 1.12 bits per heavy atom. The van der Waals surface area contributed by atoms with Crippen molar-refractivity contribution in [2.45, 2.75) is 0 Å². The quantitative estimate of drug-likeness (QED) is 0.260. The minimum absolute atomic E-state index is 0. The van der Waals surface area contributed by atoms with Crippen LogP contribution in [0.25, 0.3) is 0 Å². The van der Waals surface area contributed by atoms with Gasteiger partial charge in [0.05, 0.1) is 0 Å². The van der Waals surface area contributed by atoms with Gasteiger partial charge in [0.1, 0.15) is 0 Å². The zero-order valence-electron chi connectivity index (χ0n) is 4.48. The summed E-state index contributed by atoms with van der Waals surface area (Å²) >= 11 is 0.0556. The van der Waals surface area contributed by atoms with Crippen LogP contribution in [-0.4, -0.2) is 113 Å². The second-order valence-corrected chi connectivity index (χ2v) is 0. The second kappa shape index (κ2) is 57.2. The molecule has 0 saturated heterocycles. The molecule has 0 unspecified atom stereocenters. The first-order valence-electron chi connectivity index (χ1n) is 0.204. The van der Waals surface area contributed by atoms with Gasteiger partial charge < -0.3 is 0 Å².